The second-order valence-electron chi connectivity index (χ2n) is 4.23. The summed E-state index contributed by atoms with van der Waals surface area (Å²) in [5.41, 5.74) is 0.926. The molecule has 0 unspecified atom stereocenters. The van der Waals surface area contributed by atoms with Crippen molar-refractivity contribution in [1.29, 1.82) is 0 Å². The summed E-state index contributed by atoms with van der Waals surface area (Å²) in [4.78, 5) is 6.52. The first kappa shape index (κ1) is 12.8. The summed E-state index contributed by atoms with van der Waals surface area (Å²) in [5, 5.41) is 0. The molecule has 1 aliphatic heterocycles. The van der Waals surface area contributed by atoms with E-state index >= 15 is 0 Å². The van der Waals surface area contributed by atoms with Crippen LogP contribution in [0.2, 0.25) is 0 Å². The van der Waals surface area contributed by atoms with Gasteiger partial charge in [0.15, 0.2) is 9.84 Å². The third kappa shape index (κ3) is 3.19. The molecule has 0 bridgehead atoms. The van der Waals surface area contributed by atoms with Gasteiger partial charge in [-0.05, 0) is 41.4 Å². The lowest BCUT2D eigenvalue weighted by molar-refractivity contribution is 0.597. The number of aromatic nitrogens is 1. The Morgan fingerprint density at radius 3 is 2.76 bits per heavy atom. The van der Waals surface area contributed by atoms with Crippen LogP contribution in [0.1, 0.15) is 12.1 Å². The van der Waals surface area contributed by atoms with Gasteiger partial charge < -0.3 is 4.90 Å². The van der Waals surface area contributed by atoms with Crippen LogP contribution >= 0.6 is 15.9 Å². The maximum atomic E-state index is 11.5. The van der Waals surface area contributed by atoms with Crippen LogP contribution in [-0.4, -0.2) is 38.0 Å². The lowest BCUT2D eigenvalue weighted by atomic mass is 10.3. The second-order valence-corrected chi connectivity index (χ2v) is 7.39. The second kappa shape index (κ2) is 4.94. The zero-order valence-corrected chi connectivity index (χ0v) is 12.1. The summed E-state index contributed by atoms with van der Waals surface area (Å²) >= 11 is 3.41. The number of pyridine rings is 1. The number of halogens is 1. The molecule has 1 aliphatic rings. The summed E-state index contributed by atoms with van der Waals surface area (Å²) in [6, 6.07) is 3.88. The van der Waals surface area contributed by atoms with Crippen molar-refractivity contribution in [3.05, 3.63) is 22.3 Å². The molecular weight excluding hydrogens is 304 g/mol. The number of hydrogen-bond donors (Lipinski definition) is 0. The van der Waals surface area contributed by atoms with Crippen molar-refractivity contribution in [1.82, 2.24) is 4.98 Å². The van der Waals surface area contributed by atoms with Crippen molar-refractivity contribution >= 4 is 31.6 Å². The molecule has 0 atom stereocenters. The average Bonchev–Trinajstić information content (AvgIpc) is 2.44. The fourth-order valence-electron chi connectivity index (χ4n) is 1.87. The summed E-state index contributed by atoms with van der Waals surface area (Å²) in [5.74, 6) is 1.38. The van der Waals surface area contributed by atoms with Gasteiger partial charge in [0.05, 0.1) is 17.2 Å². The van der Waals surface area contributed by atoms with E-state index in [2.05, 4.69) is 20.9 Å². The van der Waals surface area contributed by atoms with Gasteiger partial charge in [-0.25, -0.2) is 13.4 Å². The lowest BCUT2D eigenvalue weighted by Gasteiger charge is -2.21. The molecule has 6 heteroatoms. The van der Waals surface area contributed by atoms with E-state index in [4.69, 9.17) is 0 Å². The number of sulfone groups is 1. The van der Waals surface area contributed by atoms with Gasteiger partial charge in [0.25, 0.3) is 0 Å². The van der Waals surface area contributed by atoms with Crippen molar-refractivity contribution in [2.24, 2.45) is 0 Å². The van der Waals surface area contributed by atoms with Crippen molar-refractivity contribution in [2.45, 2.75) is 13.3 Å². The quantitative estimate of drug-likeness (QED) is 0.792. The number of anilines is 1. The highest BCUT2D eigenvalue weighted by molar-refractivity contribution is 9.10. The highest BCUT2D eigenvalue weighted by Crippen LogP contribution is 2.20. The van der Waals surface area contributed by atoms with Gasteiger partial charge >= 0.3 is 0 Å². The van der Waals surface area contributed by atoms with Crippen LogP contribution < -0.4 is 4.90 Å². The normalized spacial score (nSPS) is 20.0. The van der Waals surface area contributed by atoms with E-state index in [0.717, 1.165) is 22.5 Å². The van der Waals surface area contributed by atoms with Crippen LogP contribution in [-0.2, 0) is 9.84 Å². The molecule has 4 nitrogen and oxygen atoms in total. The minimum Gasteiger partial charge on any atom is -0.356 e. The van der Waals surface area contributed by atoms with Crippen LogP contribution in [0.25, 0.3) is 0 Å². The smallest absolute Gasteiger partial charge is 0.152 e. The molecule has 1 saturated heterocycles. The zero-order valence-electron chi connectivity index (χ0n) is 9.69. The number of hydrogen-bond acceptors (Lipinski definition) is 4. The van der Waals surface area contributed by atoms with E-state index in [1.54, 1.807) is 0 Å². The highest BCUT2D eigenvalue weighted by Gasteiger charge is 2.20. The van der Waals surface area contributed by atoms with Crippen molar-refractivity contribution in [2.75, 3.05) is 29.5 Å². The topological polar surface area (TPSA) is 50.3 Å². The molecule has 0 amide bonds. The fourth-order valence-corrected chi connectivity index (χ4v) is 3.37. The van der Waals surface area contributed by atoms with Gasteiger partial charge in [0.1, 0.15) is 5.82 Å². The van der Waals surface area contributed by atoms with E-state index in [0.29, 0.717) is 18.7 Å². The molecular formula is C11H15BrN2O2S. The number of rotatable bonds is 1. The zero-order chi connectivity index (χ0) is 12.5. The van der Waals surface area contributed by atoms with Crippen LogP contribution in [0, 0.1) is 6.92 Å². The van der Waals surface area contributed by atoms with Crippen molar-refractivity contribution < 1.29 is 8.42 Å². The van der Waals surface area contributed by atoms with Crippen LogP contribution in [0.4, 0.5) is 5.82 Å². The maximum absolute atomic E-state index is 11.5. The maximum Gasteiger partial charge on any atom is 0.152 e. The first-order valence-corrected chi connectivity index (χ1v) is 8.18. The Balaban J connectivity index is 2.20. The third-order valence-corrected chi connectivity index (χ3v) is 5.44. The van der Waals surface area contributed by atoms with Gasteiger partial charge in [-0.1, -0.05) is 0 Å². The minimum atomic E-state index is -2.86. The van der Waals surface area contributed by atoms with E-state index in [1.165, 1.54) is 0 Å². The van der Waals surface area contributed by atoms with Crippen molar-refractivity contribution in [3.63, 3.8) is 0 Å². The lowest BCUT2D eigenvalue weighted by Crippen LogP contribution is -2.27. The molecule has 0 saturated carbocycles. The molecule has 0 radical (unpaired) electrons. The van der Waals surface area contributed by atoms with Crippen LogP contribution in [0.3, 0.4) is 0 Å². The summed E-state index contributed by atoms with van der Waals surface area (Å²) < 4.78 is 24.0. The molecule has 1 aromatic heterocycles. The predicted octanol–water partition coefficient (Wildman–Crippen LogP) is 1.78. The number of aryl methyl sites for hydroxylation is 1. The Hall–Kier alpha value is -0.620. The van der Waals surface area contributed by atoms with Crippen LogP contribution in [0.5, 0.6) is 0 Å². The number of nitrogens with zero attached hydrogens (tertiary/aromatic N) is 2. The van der Waals surface area contributed by atoms with Gasteiger partial charge in [-0.3, -0.25) is 0 Å². The molecule has 1 aromatic rings. The van der Waals surface area contributed by atoms with E-state index < -0.39 is 9.84 Å². The molecule has 2 heterocycles. The van der Waals surface area contributed by atoms with E-state index in [9.17, 15) is 8.42 Å². The minimum absolute atomic E-state index is 0.226. The SMILES string of the molecule is Cc1nc(N2CCCS(=O)(=O)CC2)ccc1Br. The molecule has 0 aliphatic carbocycles. The van der Waals surface area contributed by atoms with Crippen molar-refractivity contribution in [3.8, 4) is 0 Å². The molecule has 2 rings (SSSR count). The monoisotopic (exact) mass is 318 g/mol. The summed E-state index contributed by atoms with van der Waals surface area (Å²) in [7, 11) is -2.86. The Labute approximate surface area is 110 Å². The molecule has 0 N–H and O–H groups in total. The molecule has 94 valence electrons. The standard InChI is InChI=1S/C11H15BrN2O2S/c1-9-10(12)3-4-11(13-9)14-5-2-7-17(15,16)8-6-14/h3-4H,2,5-8H2,1H3. The summed E-state index contributed by atoms with van der Waals surface area (Å²) in [6.07, 6.45) is 0.680. The Morgan fingerprint density at radius 1 is 1.29 bits per heavy atom. The Bertz CT molecular complexity index is 516. The first-order valence-electron chi connectivity index (χ1n) is 5.56. The molecule has 17 heavy (non-hydrogen) atoms. The van der Waals surface area contributed by atoms with E-state index in [1.807, 2.05) is 24.0 Å². The largest absolute Gasteiger partial charge is 0.356 e. The predicted molar refractivity (Wildman–Crippen MR) is 72.2 cm³/mol. The highest BCUT2D eigenvalue weighted by atomic mass is 79.9. The first-order chi connectivity index (χ1) is 7.98. The average molecular weight is 319 g/mol. The van der Waals surface area contributed by atoms with E-state index in [-0.39, 0.29) is 5.75 Å². The third-order valence-electron chi connectivity index (χ3n) is 2.89. The van der Waals surface area contributed by atoms with Gasteiger partial charge in [0.2, 0.25) is 0 Å². The molecule has 1 fully saturated rings. The fraction of sp³-hybridized carbons (Fsp3) is 0.545. The van der Waals surface area contributed by atoms with Gasteiger partial charge in [-0.2, -0.15) is 0 Å². The molecule has 0 aromatic carbocycles. The van der Waals surface area contributed by atoms with Crippen LogP contribution in [0.15, 0.2) is 16.6 Å². The molecule has 0 spiro atoms. The van der Waals surface area contributed by atoms with Gasteiger partial charge in [-0.15, -0.1) is 0 Å². The van der Waals surface area contributed by atoms with Gasteiger partial charge in [0, 0.05) is 17.6 Å². The Kier molecular flexibility index (Phi) is 3.73. The Morgan fingerprint density at radius 2 is 2.06 bits per heavy atom. The summed E-state index contributed by atoms with van der Waals surface area (Å²) in [6.45, 7) is 3.23.